The molecule has 1 aliphatic rings. The van der Waals surface area contributed by atoms with Crippen LogP contribution in [0.4, 0.5) is 0 Å². The van der Waals surface area contributed by atoms with Crippen LogP contribution in [0.3, 0.4) is 0 Å². The fourth-order valence-electron chi connectivity index (χ4n) is 5.04. The summed E-state index contributed by atoms with van der Waals surface area (Å²) in [5.41, 5.74) is 1.65. The number of rotatable bonds is 12. The second-order valence-corrected chi connectivity index (χ2v) is 12.8. The second kappa shape index (κ2) is 14.0. The summed E-state index contributed by atoms with van der Waals surface area (Å²) in [6.07, 6.45) is 4.18. The predicted molar refractivity (Wildman–Crippen MR) is 159 cm³/mol. The Balaban J connectivity index is 1.67. The van der Waals surface area contributed by atoms with Crippen LogP contribution < -0.4 is 10.1 Å². The van der Waals surface area contributed by atoms with Crippen molar-refractivity contribution in [1.29, 1.82) is 0 Å². The van der Waals surface area contributed by atoms with Crippen molar-refractivity contribution >= 4 is 33.4 Å². The Labute approximate surface area is 247 Å². The lowest BCUT2D eigenvalue weighted by atomic mass is 10.0. The number of carbonyl (C=O) groups excluding carboxylic acids is 2. The van der Waals surface area contributed by atoms with Gasteiger partial charge in [0.05, 0.1) is 18.6 Å². The quantitative estimate of drug-likeness (QED) is 0.327. The van der Waals surface area contributed by atoms with Gasteiger partial charge in [-0.25, -0.2) is 8.42 Å². The van der Waals surface area contributed by atoms with Crippen molar-refractivity contribution in [3.63, 3.8) is 0 Å². The summed E-state index contributed by atoms with van der Waals surface area (Å²) in [4.78, 5) is 29.3. The molecule has 1 atom stereocenters. The number of sulfonamides is 1. The van der Waals surface area contributed by atoms with Gasteiger partial charge >= 0.3 is 0 Å². The van der Waals surface area contributed by atoms with Crippen LogP contribution in [0.15, 0.2) is 83.8 Å². The summed E-state index contributed by atoms with van der Waals surface area (Å²) in [6.45, 7) is -0.350. The van der Waals surface area contributed by atoms with Crippen LogP contribution in [0.1, 0.15) is 36.8 Å². The largest absolute Gasteiger partial charge is 0.497 e. The van der Waals surface area contributed by atoms with Crippen molar-refractivity contribution in [2.75, 3.05) is 20.7 Å². The molecule has 1 saturated carbocycles. The van der Waals surface area contributed by atoms with Crippen LogP contribution in [0, 0.1) is 0 Å². The molecule has 0 aliphatic heterocycles. The number of methoxy groups -OCH3 is 1. The molecule has 0 aromatic heterocycles. The van der Waals surface area contributed by atoms with Crippen LogP contribution in [-0.4, -0.2) is 62.2 Å². The van der Waals surface area contributed by atoms with Gasteiger partial charge in [-0.3, -0.25) is 9.59 Å². The van der Waals surface area contributed by atoms with Crippen molar-refractivity contribution in [3.05, 3.63) is 95.0 Å². The summed E-state index contributed by atoms with van der Waals surface area (Å²) in [5.74, 6) is -0.122. The molecule has 4 rings (SSSR count). The normalized spacial score (nSPS) is 14.5. The number of halogens is 1. The summed E-state index contributed by atoms with van der Waals surface area (Å²) < 4.78 is 33.0. The van der Waals surface area contributed by atoms with Gasteiger partial charge in [-0.05, 0) is 60.4 Å². The Kier molecular flexibility index (Phi) is 10.4. The molecule has 8 nitrogen and oxygen atoms in total. The number of likely N-dealkylation sites (N-methyl/N-ethyl adjacent to an activating group) is 1. The zero-order valence-electron chi connectivity index (χ0n) is 23.3. The van der Waals surface area contributed by atoms with Gasteiger partial charge in [-0.15, -0.1) is 0 Å². The minimum atomic E-state index is -3.98. The molecule has 0 bridgehead atoms. The zero-order chi connectivity index (χ0) is 29.4. The van der Waals surface area contributed by atoms with Gasteiger partial charge in [0, 0.05) is 31.1 Å². The SMILES string of the molecule is COc1cccc(CN(C(=O)CN(C)S(=O)(=O)c2ccc(Cl)cc2)[C@H](Cc2ccccc2)C(=O)NC2CCCC2)c1. The lowest BCUT2D eigenvalue weighted by molar-refractivity contribution is -0.141. The molecule has 0 saturated heterocycles. The Bertz CT molecular complexity index is 1430. The van der Waals surface area contributed by atoms with Crippen LogP contribution in [0.2, 0.25) is 5.02 Å². The van der Waals surface area contributed by atoms with Crippen LogP contribution in [-0.2, 0) is 32.6 Å². The first-order chi connectivity index (χ1) is 19.7. The van der Waals surface area contributed by atoms with Gasteiger partial charge in [-0.2, -0.15) is 4.31 Å². The van der Waals surface area contributed by atoms with Gasteiger partial charge in [0.25, 0.3) is 0 Å². The number of hydrogen-bond donors (Lipinski definition) is 1. The molecule has 0 unspecified atom stereocenters. The first kappa shape index (κ1) is 30.6. The number of carbonyl (C=O) groups is 2. The molecule has 3 aromatic carbocycles. The third-order valence-corrected chi connectivity index (χ3v) is 9.41. The van der Waals surface area contributed by atoms with Crippen molar-refractivity contribution in [1.82, 2.24) is 14.5 Å². The zero-order valence-corrected chi connectivity index (χ0v) is 24.9. The summed E-state index contributed by atoms with van der Waals surface area (Å²) in [5, 5.41) is 3.56. The molecule has 0 spiro atoms. The average molecular weight is 598 g/mol. The van der Waals surface area contributed by atoms with Crippen molar-refractivity contribution in [2.45, 2.75) is 55.6 Å². The van der Waals surface area contributed by atoms with E-state index in [1.54, 1.807) is 13.2 Å². The maximum absolute atomic E-state index is 14.0. The van der Waals surface area contributed by atoms with E-state index in [-0.39, 0.29) is 29.8 Å². The van der Waals surface area contributed by atoms with E-state index in [1.165, 1.54) is 36.2 Å². The highest BCUT2D eigenvalue weighted by atomic mass is 35.5. The fraction of sp³-hybridized carbons (Fsp3) is 0.355. The van der Waals surface area contributed by atoms with E-state index in [4.69, 9.17) is 16.3 Å². The number of benzene rings is 3. The molecule has 0 heterocycles. The summed E-state index contributed by atoms with van der Waals surface area (Å²) in [6, 6.07) is 21.8. The number of nitrogens with one attached hydrogen (secondary N) is 1. The molecular formula is C31H36ClN3O5S. The molecule has 2 amide bonds. The lowest BCUT2D eigenvalue weighted by Gasteiger charge is -2.33. The smallest absolute Gasteiger partial charge is 0.243 e. The highest BCUT2D eigenvalue weighted by molar-refractivity contribution is 7.89. The third-order valence-electron chi connectivity index (χ3n) is 7.34. The van der Waals surface area contributed by atoms with Gasteiger partial charge < -0.3 is 15.0 Å². The minimum Gasteiger partial charge on any atom is -0.497 e. The van der Waals surface area contributed by atoms with Crippen molar-refractivity contribution < 1.29 is 22.7 Å². The minimum absolute atomic E-state index is 0.0244. The van der Waals surface area contributed by atoms with E-state index < -0.39 is 28.5 Å². The topological polar surface area (TPSA) is 96.0 Å². The van der Waals surface area contributed by atoms with Crippen LogP contribution >= 0.6 is 11.6 Å². The Morgan fingerprint density at radius 1 is 0.976 bits per heavy atom. The standard InChI is InChI=1S/C31H36ClN3O5S/c1-34(41(38,39)28-17-15-25(32)16-18-28)22-30(36)35(21-24-11-8-14-27(19-24)40-2)29(20-23-9-4-3-5-10-23)31(37)33-26-12-6-7-13-26/h3-5,8-11,14-19,26,29H,6-7,12-13,20-22H2,1-2H3,(H,33,37)/t29-/m1/s1. The highest BCUT2D eigenvalue weighted by Gasteiger charge is 2.34. The van der Waals surface area contributed by atoms with Gasteiger partial charge in [0.2, 0.25) is 21.8 Å². The van der Waals surface area contributed by atoms with E-state index in [0.717, 1.165) is 41.1 Å². The van der Waals surface area contributed by atoms with E-state index in [0.29, 0.717) is 10.8 Å². The predicted octanol–water partition coefficient (Wildman–Crippen LogP) is 4.67. The molecule has 0 radical (unpaired) electrons. The monoisotopic (exact) mass is 597 g/mol. The number of nitrogens with zero attached hydrogens (tertiary/aromatic N) is 2. The second-order valence-electron chi connectivity index (χ2n) is 10.3. The number of ether oxygens (including phenoxy) is 1. The Morgan fingerprint density at radius 2 is 1.63 bits per heavy atom. The van der Waals surface area contributed by atoms with Crippen molar-refractivity contribution in [2.24, 2.45) is 0 Å². The van der Waals surface area contributed by atoms with Gasteiger partial charge in [0.1, 0.15) is 11.8 Å². The number of amides is 2. The molecule has 1 fully saturated rings. The number of hydrogen-bond acceptors (Lipinski definition) is 5. The van der Waals surface area contributed by atoms with Crippen LogP contribution in [0.5, 0.6) is 5.75 Å². The van der Waals surface area contributed by atoms with Gasteiger partial charge in [-0.1, -0.05) is 66.9 Å². The van der Waals surface area contributed by atoms with Crippen LogP contribution in [0.25, 0.3) is 0 Å². The molecule has 3 aromatic rings. The maximum atomic E-state index is 14.0. The van der Waals surface area contributed by atoms with E-state index in [1.807, 2.05) is 48.5 Å². The maximum Gasteiger partial charge on any atom is 0.243 e. The summed E-state index contributed by atoms with van der Waals surface area (Å²) >= 11 is 5.94. The highest BCUT2D eigenvalue weighted by Crippen LogP contribution is 2.22. The van der Waals surface area contributed by atoms with E-state index in [2.05, 4.69) is 5.32 Å². The first-order valence-corrected chi connectivity index (χ1v) is 15.5. The Hall–Kier alpha value is -3.40. The van der Waals surface area contributed by atoms with Crippen molar-refractivity contribution in [3.8, 4) is 5.75 Å². The van der Waals surface area contributed by atoms with Gasteiger partial charge in [0.15, 0.2) is 0 Å². The summed E-state index contributed by atoms with van der Waals surface area (Å²) in [7, 11) is -1.07. The molecule has 10 heteroatoms. The first-order valence-electron chi connectivity index (χ1n) is 13.7. The molecule has 218 valence electrons. The third kappa shape index (κ3) is 8.09. The van der Waals surface area contributed by atoms with E-state index in [9.17, 15) is 18.0 Å². The molecule has 1 aliphatic carbocycles. The average Bonchev–Trinajstić information content (AvgIpc) is 3.48. The lowest BCUT2D eigenvalue weighted by Crippen LogP contribution is -2.54. The molecule has 1 N–H and O–H groups in total. The molecular weight excluding hydrogens is 562 g/mol. The fourth-order valence-corrected chi connectivity index (χ4v) is 6.29. The Morgan fingerprint density at radius 3 is 2.29 bits per heavy atom. The molecule has 41 heavy (non-hydrogen) atoms. The van der Waals surface area contributed by atoms with E-state index >= 15 is 0 Å².